The molecule has 0 fully saturated rings. The average molecular weight is 367 g/mol. The molecule has 0 aliphatic carbocycles. The molecule has 2 heterocycles. The highest BCUT2D eigenvalue weighted by Crippen LogP contribution is 2.27. The van der Waals surface area contributed by atoms with Gasteiger partial charge in [0.1, 0.15) is 0 Å². The zero-order valence-electron chi connectivity index (χ0n) is 15.8. The molecule has 0 unspecified atom stereocenters. The number of carbonyl (C=O) groups is 2. The molecule has 1 N–H and O–H groups in total. The highest BCUT2D eigenvalue weighted by Gasteiger charge is 2.31. The summed E-state index contributed by atoms with van der Waals surface area (Å²) < 4.78 is 5.47. The van der Waals surface area contributed by atoms with E-state index in [0.717, 1.165) is 17.5 Å². The van der Waals surface area contributed by atoms with Gasteiger partial charge in [0, 0.05) is 38.6 Å². The Hall–Kier alpha value is -2.73. The van der Waals surface area contributed by atoms with E-state index in [-0.39, 0.29) is 17.9 Å². The minimum atomic E-state index is -0.215. The van der Waals surface area contributed by atoms with Gasteiger partial charge in [0.05, 0.1) is 17.2 Å². The molecule has 0 saturated heterocycles. The van der Waals surface area contributed by atoms with Gasteiger partial charge < -0.3 is 15.0 Å². The van der Waals surface area contributed by atoms with E-state index >= 15 is 0 Å². The number of fused-ring (bicyclic) bond motifs is 1. The van der Waals surface area contributed by atoms with Crippen molar-refractivity contribution < 1.29 is 14.3 Å². The minimum Gasteiger partial charge on any atom is -0.379 e. The van der Waals surface area contributed by atoms with Crippen molar-refractivity contribution in [2.45, 2.75) is 39.5 Å². The second kappa shape index (κ2) is 8.77. The van der Waals surface area contributed by atoms with E-state index in [9.17, 15) is 9.59 Å². The third-order valence-electron chi connectivity index (χ3n) is 4.41. The number of benzene rings is 1. The third-order valence-corrected chi connectivity index (χ3v) is 4.41. The van der Waals surface area contributed by atoms with Crippen LogP contribution >= 0.6 is 0 Å². The minimum absolute atomic E-state index is 0.109. The fraction of sp³-hybridized carbons (Fsp3) is 0.381. The quantitative estimate of drug-likeness (QED) is 0.728. The van der Waals surface area contributed by atoms with Gasteiger partial charge in [-0.3, -0.25) is 14.6 Å². The van der Waals surface area contributed by atoms with Gasteiger partial charge in [0.2, 0.25) is 0 Å². The van der Waals surface area contributed by atoms with Crippen LogP contribution in [0.1, 0.15) is 52.1 Å². The smallest absolute Gasteiger partial charge is 0.255 e. The number of carbonyl (C=O) groups excluding carboxylic acids is 2. The zero-order valence-corrected chi connectivity index (χ0v) is 15.8. The van der Waals surface area contributed by atoms with Gasteiger partial charge in [0.25, 0.3) is 11.8 Å². The summed E-state index contributed by atoms with van der Waals surface area (Å²) >= 11 is 0. The van der Waals surface area contributed by atoms with Gasteiger partial charge in [-0.25, -0.2) is 0 Å². The second-order valence-corrected chi connectivity index (χ2v) is 6.89. The molecular weight excluding hydrogens is 342 g/mol. The average Bonchev–Trinajstić information content (AvgIpc) is 2.97. The van der Waals surface area contributed by atoms with Gasteiger partial charge in [-0.1, -0.05) is 18.2 Å². The molecule has 1 aromatic heterocycles. The molecule has 0 bridgehead atoms. The van der Waals surface area contributed by atoms with Crippen LogP contribution in [0.3, 0.4) is 0 Å². The van der Waals surface area contributed by atoms with Crippen LogP contribution in [0.2, 0.25) is 0 Å². The van der Waals surface area contributed by atoms with Gasteiger partial charge in [-0.2, -0.15) is 0 Å². The lowest BCUT2D eigenvalue weighted by Crippen LogP contribution is -2.28. The van der Waals surface area contributed by atoms with Crippen LogP contribution in [0.15, 0.2) is 42.7 Å². The summed E-state index contributed by atoms with van der Waals surface area (Å²) in [5.74, 6) is -0.323. The molecule has 2 aromatic rings. The SMILES string of the molecule is CC(C)OCCCNC(=O)c1cccc2c1C(=O)N(Cc1cccnc1)C2. The number of nitrogens with one attached hydrogen (secondary N) is 1. The summed E-state index contributed by atoms with van der Waals surface area (Å²) in [6.45, 7) is 6.07. The molecule has 27 heavy (non-hydrogen) atoms. The van der Waals surface area contributed by atoms with Crippen molar-refractivity contribution in [3.8, 4) is 0 Å². The Bertz CT molecular complexity index is 806. The normalized spacial score (nSPS) is 13.1. The number of pyridine rings is 1. The first-order valence-electron chi connectivity index (χ1n) is 9.26. The number of nitrogens with zero attached hydrogens (tertiary/aromatic N) is 2. The number of aromatic nitrogens is 1. The molecule has 1 aliphatic rings. The molecule has 0 atom stereocenters. The Morgan fingerprint density at radius 1 is 1.30 bits per heavy atom. The highest BCUT2D eigenvalue weighted by molar-refractivity contribution is 6.09. The standard InChI is InChI=1S/C21H25N3O3/c1-15(2)27-11-5-10-23-20(25)18-8-3-7-17-14-24(21(26)19(17)18)13-16-6-4-9-22-12-16/h3-4,6-9,12,15H,5,10-11,13-14H2,1-2H3,(H,23,25). The number of amides is 2. The molecule has 142 valence electrons. The monoisotopic (exact) mass is 367 g/mol. The van der Waals surface area contributed by atoms with Crippen molar-refractivity contribution in [3.63, 3.8) is 0 Å². The van der Waals surface area contributed by atoms with Crippen molar-refractivity contribution in [2.24, 2.45) is 0 Å². The topological polar surface area (TPSA) is 71.5 Å². The number of hydrogen-bond donors (Lipinski definition) is 1. The van der Waals surface area contributed by atoms with E-state index in [2.05, 4.69) is 10.3 Å². The second-order valence-electron chi connectivity index (χ2n) is 6.89. The maximum absolute atomic E-state index is 12.9. The Morgan fingerprint density at radius 2 is 2.15 bits per heavy atom. The first kappa shape index (κ1) is 19.0. The maximum Gasteiger partial charge on any atom is 0.255 e. The zero-order chi connectivity index (χ0) is 19.2. The Kier molecular flexibility index (Phi) is 6.19. The lowest BCUT2D eigenvalue weighted by molar-refractivity contribution is 0.0745. The van der Waals surface area contributed by atoms with Crippen LogP contribution in [-0.2, 0) is 17.8 Å². The van der Waals surface area contributed by atoms with Crippen molar-refractivity contribution in [3.05, 3.63) is 65.0 Å². The predicted molar refractivity (Wildman–Crippen MR) is 102 cm³/mol. The van der Waals surface area contributed by atoms with Crippen molar-refractivity contribution in [1.29, 1.82) is 0 Å². The molecule has 1 aromatic carbocycles. The van der Waals surface area contributed by atoms with Gasteiger partial charge in [-0.15, -0.1) is 0 Å². The highest BCUT2D eigenvalue weighted by atomic mass is 16.5. The molecule has 0 spiro atoms. The summed E-state index contributed by atoms with van der Waals surface area (Å²) in [7, 11) is 0. The third kappa shape index (κ3) is 4.71. The van der Waals surface area contributed by atoms with Crippen LogP contribution < -0.4 is 5.32 Å². The Balaban J connectivity index is 1.64. The van der Waals surface area contributed by atoms with Crippen molar-refractivity contribution >= 4 is 11.8 Å². The summed E-state index contributed by atoms with van der Waals surface area (Å²) in [4.78, 5) is 31.3. The van der Waals surface area contributed by atoms with Crippen LogP contribution in [-0.4, -0.2) is 41.0 Å². The van der Waals surface area contributed by atoms with Gasteiger partial charge in [-0.05, 0) is 43.5 Å². The van der Waals surface area contributed by atoms with Gasteiger partial charge >= 0.3 is 0 Å². The number of hydrogen-bond acceptors (Lipinski definition) is 4. The fourth-order valence-electron chi connectivity index (χ4n) is 3.14. The molecule has 6 nitrogen and oxygen atoms in total. The van der Waals surface area contributed by atoms with E-state index in [0.29, 0.717) is 37.4 Å². The van der Waals surface area contributed by atoms with Gasteiger partial charge in [0.15, 0.2) is 0 Å². The molecule has 0 saturated carbocycles. The fourth-order valence-corrected chi connectivity index (χ4v) is 3.14. The summed E-state index contributed by atoms with van der Waals surface area (Å²) in [6, 6.07) is 9.24. The molecule has 2 amide bonds. The summed E-state index contributed by atoms with van der Waals surface area (Å²) in [6.07, 6.45) is 4.38. The predicted octanol–water partition coefficient (Wildman–Crippen LogP) is 2.78. The molecule has 1 aliphatic heterocycles. The van der Waals surface area contributed by atoms with Crippen LogP contribution in [0.25, 0.3) is 0 Å². The van der Waals surface area contributed by atoms with Crippen molar-refractivity contribution in [2.75, 3.05) is 13.2 Å². The number of ether oxygens (including phenoxy) is 1. The van der Waals surface area contributed by atoms with Crippen LogP contribution in [0, 0.1) is 0 Å². The van der Waals surface area contributed by atoms with E-state index in [1.807, 2.05) is 38.1 Å². The summed E-state index contributed by atoms with van der Waals surface area (Å²) in [5, 5.41) is 2.89. The first-order chi connectivity index (χ1) is 13.1. The number of rotatable bonds is 8. The van der Waals surface area contributed by atoms with E-state index in [1.165, 1.54) is 0 Å². The van der Waals surface area contributed by atoms with E-state index in [1.54, 1.807) is 23.4 Å². The molecule has 3 rings (SSSR count). The van der Waals surface area contributed by atoms with E-state index < -0.39 is 0 Å². The van der Waals surface area contributed by atoms with Crippen LogP contribution in [0.4, 0.5) is 0 Å². The van der Waals surface area contributed by atoms with Crippen molar-refractivity contribution in [1.82, 2.24) is 15.2 Å². The van der Waals surface area contributed by atoms with Crippen LogP contribution in [0.5, 0.6) is 0 Å². The molecular formula is C21H25N3O3. The summed E-state index contributed by atoms with van der Waals surface area (Å²) in [5.41, 5.74) is 2.81. The first-order valence-corrected chi connectivity index (χ1v) is 9.26. The lowest BCUT2D eigenvalue weighted by atomic mass is 10.0. The lowest BCUT2D eigenvalue weighted by Gasteiger charge is -2.15. The molecule has 6 heteroatoms. The Labute approximate surface area is 159 Å². The Morgan fingerprint density at radius 3 is 2.89 bits per heavy atom. The largest absolute Gasteiger partial charge is 0.379 e. The maximum atomic E-state index is 12.9. The van der Waals surface area contributed by atoms with E-state index in [4.69, 9.17) is 4.74 Å². The molecule has 0 radical (unpaired) electrons.